The Bertz CT molecular complexity index is 919. The standard InChI is InChI=1S/C18H13ClN2O4/c1-24-18(23)13-4-2-3-5-14(13)20-17(22)15-10-16(25-21-15)11-6-8-12(19)9-7-11/h2-10H,1H3,(H,20,22). The normalized spacial score (nSPS) is 10.3. The molecule has 126 valence electrons. The summed E-state index contributed by atoms with van der Waals surface area (Å²) in [5.74, 6) is -0.610. The number of methoxy groups -OCH3 is 1. The number of ether oxygens (including phenoxy) is 1. The summed E-state index contributed by atoms with van der Waals surface area (Å²) in [5, 5.41) is 7.00. The van der Waals surface area contributed by atoms with Crippen LogP contribution in [0.1, 0.15) is 20.8 Å². The molecule has 0 aliphatic heterocycles. The highest BCUT2D eigenvalue weighted by molar-refractivity contribution is 6.30. The summed E-state index contributed by atoms with van der Waals surface area (Å²) in [5.41, 5.74) is 1.41. The third-order valence-corrected chi connectivity index (χ3v) is 3.70. The molecule has 0 saturated carbocycles. The molecule has 0 aliphatic carbocycles. The minimum atomic E-state index is -0.544. The van der Waals surface area contributed by atoms with E-state index in [1.54, 1.807) is 48.5 Å². The molecule has 2 aromatic carbocycles. The van der Waals surface area contributed by atoms with Gasteiger partial charge in [-0.1, -0.05) is 28.9 Å². The number of esters is 1. The Hall–Kier alpha value is -3.12. The first-order valence-corrected chi connectivity index (χ1v) is 7.67. The number of halogens is 1. The number of para-hydroxylation sites is 1. The van der Waals surface area contributed by atoms with Gasteiger partial charge >= 0.3 is 5.97 Å². The van der Waals surface area contributed by atoms with Gasteiger partial charge < -0.3 is 14.6 Å². The van der Waals surface area contributed by atoms with Crippen molar-refractivity contribution >= 4 is 29.2 Å². The summed E-state index contributed by atoms with van der Waals surface area (Å²) >= 11 is 5.85. The maximum atomic E-state index is 12.4. The molecule has 0 atom stereocenters. The quantitative estimate of drug-likeness (QED) is 0.713. The molecule has 0 bridgehead atoms. The van der Waals surface area contributed by atoms with Crippen LogP contribution >= 0.6 is 11.6 Å². The predicted octanol–water partition coefficient (Wildman–Crippen LogP) is 4.03. The Kier molecular flexibility index (Phi) is 4.81. The number of amides is 1. The largest absolute Gasteiger partial charge is 0.465 e. The number of nitrogens with one attached hydrogen (secondary N) is 1. The van der Waals surface area contributed by atoms with Crippen molar-refractivity contribution in [2.45, 2.75) is 0 Å². The lowest BCUT2D eigenvalue weighted by atomic mass is 10.1. The van der Waals surface area contributed by atoms with Crippen molar-refractivity contribution in [3.05, 3.63) is 70.9 Å². The smallest absolute Gasteiger partial charge is 0.339 e. The van der Waals surface area contributed by atoms with Crippen LogP contribution in [-0.2, 0) is 4.74 Å². The van der Waals surface area contributed by atoms with Gasteiger partial charge in [0, 0.05) is 16.7 Å². The molecule has 1 amide bonds. The molecular formula is C18H13ClN2O4. The SMILES string of the molecule is COC(=O)c1ccccc1NC(=O)c1cc(-c2ccc(Cl)cc2)on1. The molecule has 25 heavy (non-hydrogen) atoms. The molecule has 1 N–H and O–H groups in total. The predicted molar refractivity (Wildman–Crippen MR) is 92.7 cm³/mol. The third-order valence-electron chi connectivity index (χ3n) is 3.45. The Morgan fingerprint density at radius 1 is 1.12 bits per heavy atom. The Morgan fingerprint density at radius 2 is 1.84 bits per heavy atom. The van der Waals surface area contributed by atoms with Gasteiger partial charge in [0.2, 0.25) is 0 Å². The molecule has 1 aromatic heterocycles. The molecule has 0 unspecified atom stereocenters. The zero-order valence-corrected chi connectivity index (χ0v) is 13.9. The summed E-state index contributed by atoms with van der Waals surface area (Å²) in [4.78, 5) is 24.1. The van der Waals surface area contributed by atoms with Crippen molar-refractivity contribution in [2.75, 3.05) is 12.4 Å². The highest BCUT2D eigenvalue weighted by atomic mass is 35.5. The molecule has 0 radical (unpaired) electrons. The topological polar surface area (TPSA) is 81.4 Å². The highest BCUT2D eigenvalue weighted by Gasteiger charge is 2.17. The van der Waals surface area contributed by atoms with Crippen molar-refractivity contribution in [2.24, 2.45) is 0 Å². The van der Waals surface area contributed by atoms with Crippen LogP contribution in [0, 0.1) is 0 Å². The molecule has 0 aliphatic rings. The number of carbonyl (C=O) groups excluding carboxylic acids is 2. The Morgan fingerprint density at radius 3 is 2.56 bits per heavy atom. The van der Waals surface area contributed by atoms with E-state index in [0.717, 1.165) is 5.56 Å². The van der Waals surface area contributed by atoms with E-state index in [1.165, 1.54) is 13.2 Å². The minimum Gasteiger partial charge on any atom is -0.465 e. The van der Waals surface area contributed by atoms with Crippen LogP contribution in [0.5, 0.6) is 0 Å². The molecule has 3 rings (SSSR count). The zero-order chi connectivity index (χ0) is 17.8. The monoisotopic (exact) mass is 356 g/mol. The second-order valence-electron chi connectivity index (χ2n) is 5.07. The summed E-state index contributed by atoms with van der Waals surface area (Å²) in [6.45, 7) is 0. The zero-order valence-electron chi connectivity index (χ0n) is 13.2. The Balaban J connectivity index is 1.81. The fourth-order valence-corrected chi connectivity index (χ4v) is 2.32. The van der Waals surface area contributed by atoms with E-state index in [4.69, 9.17) is 20.9 Å². The average Bonchev–Trinajstić information content (AvgIpc) is 3.12. The van der Waals surface area contributed by atoms with Gasteiger partial charge in [-0.05, 0) is 36.4 Å². The molecule has 0 saturated heterocycles. The van der Waals surface area contributed by atoms with Crippen molar-refractivity contribution in [3.8, 4) is 11.3 Å². The maximum Gasteiger partial charge on any atom is 0.339 e. The number of carbonyl (C=O) groups is 2. The van der Waals surface area contributed by atoms with Gasteiger partial charge in [-0.2, -0.15) is 0 Å². The van der Waals surface area contributed by atoms with E-state index < -0.39 is 11.9 Å². The van der Waals surface area contributed by atoms with Gasteiger partial charge in [0.1, 0.15) is 0 Å². The number of rotatable bonds is 4. The fraction of sp³-hybridized carbons (Fsp3) is 0.0556. The van der Waals surface area contributed by atoms with Crippen LogP contribution in [0.4, 0.5) is 5.69 Å². The van der Waals surface area contributed by atoms with Crippen LogP contribution in [0.15, 0.2) is 59.1 Å². The van der Waals surface area contributed by atoms with Crippen molar-refractivity contribution in [3.63, 3.8) is 0 Å². The first-order valence-electron chi connectivity index (χ1n) is 7.30. The van der Waals surface area contributed by atoms with E-state index in [9.17, 15) is 9.59 Å². The number of benzene rings is 2. The number of anilines is 1. The summed E-state index contributed by atoms with van der Waals surface area (Å²) < 4.78 is 9.90. The first-order chi connectivity index (χ1) is 12.1. The number of aromatic nitrogens is 1. The minimum absolute atomic E-state index is 0.0876. The molecular weight excluding hydrogens is 344 g/mol. The molecule has 1 heterocycles. The van der Waals surface area contributed by atoms with E-state index >= 15 is 0 Å². The Labute approximate surface area is 148 Å². The van der Waals surface area contributed by atoms with Gasteiger partial charge in [-0.25, -0.2) is 4.79 Å². The van der Waals surface area contributed by atoms with E-state index in [1.807, 2.05) is 0 Å². The second-order valence-corrected chi connectivity index (χ2v) is 5.51. The van der Waals surface area contributed by atoms with Gasteiger partial charge in [-0.3, -0.25) is 4.79 Å². The fourth-order valence-electron chi connectivity index (χ4n) is 2.20. The lowest BCUT2D eigenvalue weighted by molar-refractivity contribution is 0.0602. The third kappa shape index (κ3) is 3.70. The molecule has 7 heteroatoms. The van der Waals surface area contributed by atoms with Gasteiger partial charge in [-0.15, -0.1) is 0 Å². The van der Waals surface area contributed by atoms with Crippen molar-refractivity contribution < 1.29 is 18.8 Å². The van der Waals surface area contributed by atoms with E-state index in [0.29, 0.717) is 16.5 Å². The van der Waals surface area contributed by atoms with Crippen LogP contribution in [0.3, 0.4) is 0 Å². The summed E-state index contributed by atoms with van der Waals surface area (Å²) in [6, 6.07) is 15.0. The summed E-state index contributed by atoms with van der Waals surface area (Å²) in [6.07, 6.45) is 0. The molecule has 3 aromatic rings. The lowest BCUT2D eigenvalue weighted by Gasteiger charge is -2.07. The van der Waals surface area contributed by atoms with Crippen LogP contribution in [0.25, 0.3) is 11.3 Å². The van der Waals surface area contributed by atoms with Crippen molar-refractivity contribution in [1.29, 1.82) is 0 Å². The number of hydrogen-bond acceptors (Lipinski definition) is 5. The average molecular weight is 357 g/mol. The van der Waals surface area contributed by atoms with Gasteiger partial charge in [0.25, 0.3) is 5.91 Å². The molecule has 0 fully saturated rings. The van der Waals surface area contributed by atoms with Crippen LogP contribution in [-0.4, -0.2) is 24.1 Å². The van der Waals surface area contributed by atoms with Crippen molar-refractivity contribution in [1.82, 2.24) is 5.16 Å². The van der Waals surface area contributed by atoms with Gasteiger partial charge in [0.05, 0.1) is 18.4 Å². The number of hydrogen-bond donors (Lipinski definition) is 1. The summed E-state index contributed by atoms with van der Waals surface area (Å²) in [7, 11) is 1.27. The lowest BCUT2D eigenvalue weighted by Crippen LogP contribution is -2.15. The van der Waals surface area contributed by atoms with Crippen LogP contribution in [0.2, 0.25) is 5.02 Å². The van der Waals surface area contributed by atoms with E-state index in [-0.39, 0.29) is 11.3 Å². The second kappa shape index (κ2) is 7.19. The first kappa shape index (κ1) is 16.7. The van der Waals surface area contributed by atoms with Gasteiger partial charge in [0.15, 0.2) is 11.5 Å². The molecule has 0 spiro atoms. The molecule has 6 nitrogen and oxygen atoms in total. The highest BCUT2D eigenvalue weighted by Crippen LogP contribution is 2.23. The number of nitrogens with zero attached hydrogens (tertiary/aromatic N) is 1. The van der Waals surface area contributed by atoms with E-state index in [2.05, 4.69) is 10.5 Å². The maximum absolute atomic E-state index is 12.4. The van der Waals surface area contributed by atoms with Crippen LogP contribution < -0.4 is 5.32 Å².